The third kappa shape index (κ3) is 2.68. The number of ether oxygens (including phenoxy) is 1. The van der Waals surface area contributed by atoms with Crippen molar-refractivity contribution in [2.24, 2.45) is 0 Å². The zero-order valence-electron chi connectivity index (χ0n) is 13.6. The van der Waals surface area contributed by atoms with Crippen molar-refractivity contribution in [2.75, 3.05) is 20.6 Å². The summed E-state index contributed by atoms with van der Waals surface area (Å²) in [6.07, 6.45) is 2.02. The van der Waals surface area contributed by atoms with E-state index in [2.05, 4.69) is 43.3 Å². The molecule has 0 N–H and O–H groups in total. The van der Waals surface area contributed by atoms with E-state index < -0.39 is 0 Å². The van der Waals surface area contributed by atoms with Gasteiger partial charge in [-0.3, -0.25) is 0 Å². The predicted octanol–water partition coefficient (Wildman–Crippen LogP) is 3.91. The van der Waals surface area contributed by atoms with E-state index in [-0.39, 0.29) is 18.0 Å². The number of likely N-dealkylation sites (N-methyl/N-ethyl adjacent to an activating group) is 1. The average Bonchev–Trinajstić information content (AvgIpc) is 2.87. The summed E-state index contributed by atoms with van der Waals surface area (Å²) in [5, 5.41) is 0. The van der Waals surface area contributed by atoms with E-state index in [1.165, 1.54) is 16.7 Å². The summed E-state index contributed by atoms with van der Waals surface area (Å²) in [5.74, 6) is 0.146. The van der Waals surface area contributed by atoms with Crippen LogP contribution in [0.4, 0.5) is 4.39 Å². The number of halogens is 1. The van der Waals surface area contributed by atoms with E-state index >= 15 is 0 Å². The first-order valence-corrected chi connectivity index (χ1v) is 8.28. The van der Waals surface area contributed by atoms with Crippen molar-refractivity contribution in [3.63, 3.8) is 0 Å². The molecule has 0 amide bonds. The Labute approximate surface area is 136 Å². The zero-order chi connectivity index (χ0) is 16.0. The van der Waals surface area contributed by atoms with Gasteiger partial charge < -0.3 is 9.64 Å². The Balaban J connectivity index is 1.80. The van der Waals surface area contributed by atoms with E-state index in [1.807, 2.05) is 6.07 Å². The largest absolute Gasteiger partial charge is 0.368 e. The van der Waals surface area contributed by atoms with E-state index in [4.69, 9.17) is 4.74 Å². The summed E-state index contributed by atoms with van der Waals surface area (Å²) >= 11 is 0. The van der Waals surface area contributed by atoms with Crippen LogP contribution in [0.1, 0.15) is 40.7 Å². The van der Waals surface area contributed by atoms with Gasteiger partial charge in [0.1, 0.15) is 5.82 Å². The summed E-state index contributed by atoms with van der Waals surface area (Å²) in [6, 6.07) is 13.8. The second-order valence-electron chi connectivity index (χ2n) is 7.00. The normalized spacial score (nSPS) is 25.7. The lowest BCUT2D eigenvalue weighted by Crippen LogP contribution is -2.25. The Kier molecular flexibility index (Phi) is 3.70. The van der Waals surface area contributed by atoms with E-state index in [1.54, 1.807) is 12.1 Å². The summed E-state index contributed by atoms with van der Waals surface area (Å²) in [6.45, 7) is 0.903. The zero-order valence-corrected chi connectivity index (χ0v) is 13.6. The van der Waals surface area contributed by atoms with Crippen molar-refractivity contribution in [2.45, 2.75) is 31.0 Å². The minimum Gasteiger partial charge on any atom is -0.368 e. The average molecular weight is 311 g/mol. The second kappa shape index (κ2) is 5.73. The van der Waals surface area contributed by atoms with E-state index in [0.29, 0.717) is 5.92 Å². The van der Waals surface area contributed by atoms with Gasteiger partial charge in [-0.2, -0.15) is 0 Å². The van der Waals surface area contributed by atoms with Gasteiger partial charge in [-0.25, -0.2) is 4.39 Å². The van der Waals surface area contributed by atoms with E-state index in [0.717, 1.165) is 24.9 Å². The number of benzene rings is 2. The van der Waals surface area contributed by atoms with Gasteiger partial charge in [0.15, 0.2) is 0 Å². The fourth-order valence-electron chi connectivity index (χ4n) is 4.12. The number of fused-ring (bicyclic) bond motifs is 5. The molecule has 3 heteroatoms. The number of hydrogen-bond acceptors (Lipinski definition) is 2. The molecule has 0 aromatic heterocycles. The molecule has 0 saturated carbocycles. The molecule has 1 saturated heterocycles. The van der Waals surface area contributed by atoms with Gasteiger partial charge in [-0.15, -0.1) is 0 Å². The number of hydrogen-bond donors (Lipinski definition) is 0. The Bertz CT molecular complexity index is 727. The summed E-state index contributed by atoms with van der Waals surface area (Å²) in [4.78, 5) is 2.16. The molecule has 2 nitrogen and oxygen atoms in total. The first-order valence-electron chi connectivity index (χ1n) is 8.28. The van der Waals surface area contributed by atoms with Crippen LogP contribution in [0.2, 0.25) is 0 Å². The van der Waals surface area contributed by atoms with Crippen LogP contribution >= 0.6 is 0 Å². The molecule has 2 aromatic carbocycles. The van der Waals surface area contributed by atoms with Gasteiger partial charge in [0.2, 0.25) is 0 Å². The molecule has 3 atom stereocenters. The lowest BCUT2D eigenvalue weighted by Gasteiger charge is -2.20. The maximum atomic E-state index is 13.9. The second-order valence-corrected chi connectivity index (χ2v) is 7.00. The monoisotopic (exact) mass is 311 g/mol. The maximum absolute atomic E-state index is 13.9. The molecule has 0 spiro atoms. The van der Waals surface area contributed by atoms with Crippen molar-refractivity contribution in [1.82, 2.24) is 4.90 Å². The molecule has 0 radical (unpaired) electrons. The summed E-state index contributed by atoms with van der Waals surface area (Å²) in [5.41, 5.74) is 4.95. The molecule has 4 rings (SSSR count). The van der Waals surface area contributed by atoms with Crippen molar-refractivity contribution in [3.05, 3.63) is 70.5 Å². The van der Waals surface area contributed by atoms with Gasteiger partial charge >= 0.3 is 0 Å². The summed E-state index contributed by atoms with van der Waals surface area (Å²) < 4.78 is 20.2. The molecule has 3 unspecified atom stereocenters. The third-order valence-corrected chi connectivity index (χ3v) is 5.04. The molecule has 1 fully saturated rings. The quantitative estimate of drug-likeness (QED) is 0.834. The van der Waals surface area contributed by atoms with Gasteiger partial charge in [0.25, 0.3) is 0 Å². The van der Waals surface area contributed by atoms with Crippen LogP contribution in [0.25, 0.3) is 0 Å². The Morgan fingerprint density at radius 1 is 1.09 bits per heavy atom. The predicted molar refractivity (Wildman–Crippen MR) is 89.2 cm³/mol. The highest BCUT2D eigenvalue weighted by Crippen LogP contribution is 2.49. The number of nitrogens with zero attached hydrogens (tertiary/aromatic N) is 1. The highest BCUT2D eigenvalue weighted by Gasteiger charge is 2.40. The Hall–Kier alpha value is -1.71. The highest BCUT2D eigenvalue weighted by atomic mass is 19.1. The van der Waals surface area contributed by atoms with Gasteiger partial charge in [-0.05, 0) is 61.3 Å². The van der Waals surface area contributed by atoms with Crippen molar-refractivity contribution < 1.29 is 9.13 Å². The molecule has 2 aromatic rings. The highest BCUT2D eigenvalue weighted by molar-refractivity contribution is 5.45. The standard InChI is InChI=1S/C20H22FNO/c1-22(2)12-16-11-19-17-6-4-3-5-13(17)9-14-7-8-15(21)10-18(14)20(19)23-16/h3-8,10,16,19-20H,9,11-12H2,1-2H3. The minimum absolute atomic E-state index is 0.0331. The van der Waals surface area contributed by atoms with Crippen LogP contribution in [0.15, 0.2) is 42.5 Å². The van der Waals surface area contributed by atoms with Crippen LogP contribution in [0.3, 0.4) is 0 Å². The maximum Gasteiger partial charge on any atom is 0.123 e. The van der Waals surface area contributed by atoms with E-state index in [9.17, 15) is 4.39 Å². The molecule has 1 aliphatic heterocycles. The molecular formula is C20H22FNO. The van der Waals surface area contributed by atoms with Gasteiger partial charge in [0.05, 0.1) is 12.2 Å². The van der Waals surface area contributed by atoms with Gasteiger partial charge in [0, 0.05) is 12.5 Å². The van der Waals surface area contributed by atoms with Crippen LogP contribution in [0, 0.1) is 5.82 Å². The Morgan fingerprint density at radius 3 is 2.70 bits per heavy atom. The third-order valence-electron chi connectivity index (χ3n) is 5.04. The topological polar surface area (TPSA) is 12.5 Å². The van der Waals surface area contributed by atoms with Crippen LogP contribution in [0.5, 0.6) is 0 Å². The Morgan fingerprint density at radius 2 is 1.87 bits per heavy atom. The minimum atomic E-state index is -0.173. The molecule has 120 valence electrons. The fraction of sp³-hybridized carbons (Fsp3) is 0.400. The molecule has 1 aliphatic carbocycles. The fourth-order valence-corrected chi connectivity index (χ4v) is 4.12. The lowest BCUT2D eigenvalue weighted by molar-refractivity contribution is 0.0270. The molecule has 1 heterocycles. The molecular weight excluding hydrogens is 289 g/mol. The van der Waals surface area contributed by atoms with Crippen LogP contribution in [-0.2, 0) is 11.2 Å². The first-order chi connectivity index (χ1) is 11.1. The molecule has 0 bridgehead atoms. The summed E-state index contributed by atoms with van der Waals surface area (Å²) in [7, 11) is 4.14. The van der Waals surface area contributed by atoms with Crippen LogP contribution < -0.4 is 0 Å². The van der Waals surface area contributed by atoms with Gasteiger partial charge in [-0.1, -0.05) is 30.3 Å². The SMILES string of the molecule is CN(C)CC1CC2c3ccccc3Cc3ccc(F)cc3C2O1. The van der Waals surface area contributed by atoms with Crippen molar-refractivity contribution >= 4 is 0 Å². The van der Waals surface area contributed by atoms with Crippen molar-refractivity contribution in [1.29, 1.82) is 0 Å². The van der Waals surface area contributed by atoms with Crippen molar-refractivity contribution in [3.8, 4) is 0 Å². The molecule has 2 aliphatic rings. The first kappa shape index (κ1) is 14.9. The lowest BCUT2D eigenvalue weighted by atomic mass is 9.87. The smallest absolute Gasteiger partial charge is 0.123 e. The number of rotatable bonds is 2. The molecule has 23 heavy (non-hydrogen) atoms. The van der Waals surface area contributed by atoms with Crippen LogP contribution in [-0.4, -0.2) is 31.6 Å².